The normalized spacial score (nSPS) is 11.6. The lowest BCUT2D eigenvalue weighted by Crippen LogP contribution is -2.51. The lowest BCUT2D eigenvalue weighted by Gasteiger charge is -2.35. The summed E-state index contributed by atoms with van der Waals surface area (Å²) in [5, 5.41) is 20.7. The van der Waals surface area contributed by atoms with E-state index in [0.29, 0.717) is 11.1 Å². The summed E-state index contributed by atoms with van der Waals surface area (Å²) in [4.78, 5) is 19.5. The molecule has 0 aliphatic heterocycles. The van der Waals surface area contributed by atoms with Crippen LogP contribution in [0, 0.1) is 0 Å². The van der Waals surface area contributed by atoms with E-state index in [1.165, 1.54) is 0 Å². The molecule has 2 aromatic carbocycles. The van der Waals surface area contributed by atoms with Crippen molar-refractivity contribution in [3.8, 4) is 0 Å². The summed E-state index contributed by atoms with van der Waals surface area (Å²) in [5.74, 6) is 0. The Labute approximate surface area is 134 Å². The summed E-state index contributed by atoms with van der Waals surface area (Å²) < 4.78 is 0. The maximum atomic E-state index is 11.2. The molecule has 5 N–H and O–H groups in total. The highest BCUT2D eigenvalue weighted by atomic mass is 16.3. The van der Waals surface area contributed by atoms with Crippen molar-refractivity contribution < 1.29 is 19.8 Å². The number of carbonyl (C=O) groups is 2. The van der Waals surface area contributed by atoms with Crippen LogP contribution in [0.3, 0.4) is 0 Å². The van der Waals surface area contributed by atoms with Gasteiger partial charge in [-0.05, 0) is 18.1 Å². The highest BCUT2D eigenvalue weighted by Gasteiger charge is 2.38. The Morgan fingerprint density at radius 1 is 1.09 bits per heavy atom. The monoisotopic (exact) mass is 316 g/mol. The summed E-state index contributed by atoms with van der Waals surface area (Å²) in [6.45, 7) is 1.48. The molecule has 0 saturated heterocycles. The van der Waals surface area contributed by atoms with Gasteiger partial charge in [0.25, 0.3) is 6.47 Å². The molecule has 2 amide bonds. The van der Waals surface area contributed by atoms with Crippen LogP contribution in [0.1, 0.15) is 18.1 Å². The Balaban J connectivity index is 0.000000816. The molecule has 0 aromatic heterocycles. The lowest BCUT2D eigenvalue weighted by molar-refractivity contribution is -0.122. The van der Waals surface area contributed by atoms with E-state index in [-0.39, 0.29) is 6.47 Å². The molecule has 0 radical (unpaired) electrons. The topological polar surface area (TPSA) is 113 Å². The van der Waals surface area contributed by atoms with Gasteiger partial charge in [-0.2, -0.15) is 0 Å². The second kappa shape index (κ2) is 8.55. The van der Waals surface area contributed by atoms with Crippen molar-refractivity contribution in [1.82, 2.24) is 5.32 Å². The van der Waals surface area contributed by atoms with Crippen LogP contribution in [-0.4, -0.2) is 28.8 Å². The van der Waals surface area contributed by atoms with Gasteiger partial charge in [0.05, 0.1) is 6.04 Å². The molecule has 6 heteroatoms. The van der Waals surface area contributed by atoms with Crippen LogP contribution in [0.4, 0.5) is 4.79 Å². The molecule has 0 fully saturated rings. The molecular weight excluding hydrogens is 296 g/mol. The SMILES string of the molecule is C[C@H](NC(N)=O)C(O)(c1ccccc1)c1ccccc1.O=CO. The number of primary amides is 1. The van der Waals surface area contributed by atoms with Crippen LogP contribution in [0.5, 0.6) is 0 Å². The first-order valence-electron chi connectivity index (χ1n) is 6.94. The van der Waals surface area contributed by atoms with E-state index >= 15 is 0 Å². The Morgan fingerprint density at radius 3 is 1.74 bits per heavy atom. The highest BCUT2D eigenvalue weighted by molar-refractivity contribution is 5.72. The molecule has 0 unspecified atom stereocenters. The predicted octanol–water partition coefficient (Wildman–Crippen LogP) is 1.68. The Bertz CT molecular complexity index is 578. The quantitative estimate of drug-likeness (QED) is 0.643. The minimum absolute atomic E-state index is 0.250. The molecule has 0 bridgehead atoms. The van der Waals surface area contributed by atoms with E-state index in [1.807, 2.05) is 60.7 Å². The number of urea groups is 1. The van der Waals surface area contributed by atoms with Gasteiger partial charge in [-0.3, -0.25) is 4.79 Å². The zero-order valence-corrected chi connectivity index (χ0v) is 12.7. The van der Waals surface area contributed by atoms with E-state index in [1.54, 1.807) is 6.92 Å². The fourth-order valence-corrected chi connectivity index (χ4v) is 2.37. The molecule has 1 atom stereocenters. The van der Waals surface area contributed by atoms with Crippen molar-refractivity contribution in [2.24, 2.45) is 5.73 Å². The minimum atomic E-state index is -1.34. The van der Waals surface area contributed by atoms with Crippen molar-refractivity contribution in [2.75, 3.05) is 0 Å². The zero-order chi connectivity index (χ0) is 17.3. The Kier molecular flexibility index (Phi) is 6.76. The van der Waals surface area contributed by atoms with Gasteiger partial charge in [-0.1, -0.05) is 60.7 Å². The summed E-state index contributed by atoms with van der Waals surface area (Å²) in [5.41, 5.74) is 5.25. The number of nitrogens with one attached hydrogen (secondary N) is 1. The first-order valence-corrected chi connectivity index (χ1v) is 6.94. The van der Waals surface area contributed by atoms with Crippen molar-refractivity contribution >= 4 is 12.5 Å². The van der Waals surface area contributed by atoms with Crippen LogP contribution < -0.4 is 11.1 Å². The van der Waals surface area contributed by atoms with E-state index in [0.717, 1.165) is 0 Å². The van der Waals surface area contributed by atoms with Gasteiger partial charge in [-0.15, -0.1) is 0 Å². The van der Waals surface area contributed by atoms with Gasteiger partial charge in [0.1, 0.15) is 5.60 Å². The highest BCUT2D eigenvalue weighted by Crippen LogP contribution is 2.32. The number of nitrogens with two attached hydrogens (primary N) is 1. The van der Waals surface area contributed by atoms with E-state index < -0.39 is 17.7 Å². The largest absolute Gasteiger partial charge is 0.483 e. The summed E-state index contributed by atoms with van der Waals surface area (Å²) in [6.07, 6.45) is 0. The van der Waals surface area contributed by atoms with Crippen molar-refractivity contribution in [3.05, 3.63) is 71.8 Å². The number of rotatable bonds is 4. The third-order valence-electron chi connectivity index (χ3n) is 3.41. The maximum absolute atomic E-state index is 11.2. The van der Waals surface area contributed by atoms with Gasteiger partial charge < -0.3 is 21.3 Å². The molecule has 2 aromatic rings. The number of hydrogen-bond donors (Lipinski definition) is 4. The van der Waals surface area contributed by atoms with Crippen LogP contribution in [0.25, 0.3) is 0 Å². The van der Waals surface area contributed by atoms with Crippen LogP contribution in [-0.2, 0) is 10.4 Å². The third-order valence-corrected chi connectivity index (χ3v) is 3.41. The second-order valence-corrected chi connectivity index (χ2v) is 4.83. The molecule has 0 heterocycles. The molecule has 122 valence electrons. The van der Waals surface area contributed by atoms with E-state index in [2.05, 4.69) is 5.32 Å². The van der Waals surface area contributed by atoms with E-state index in [4.69, 9.17) is 15.6 Å². The maximum Gasteiger partial charge on any atom is 0.312 e. The van der Waals surface area contributed by atoms with Crippen LogP contribution in [0.2, 0.25) is 0 Å². The molecule has 0 spiro atoms. The van der Waals surface area contributed by atoms with Gasteiger partial charge in [-0.25, -0.2) is 4.79 Å². The lowest BCUT2D eigenvalue weighted by atomic mass is 9.81. The first kappa shape index (κ1) is 18.2. The smallest absolute Gasteiger partial charge is 0.312 e. The average molecular weight is 316 g/mol. The zero-order valence-electron chi connectivity index (χ0n) is 12.7. The fourth-order valence-electron chi connectivity index (χ4n) is 2.37. The molecular formula is C17H20N2O4. The van der Waals surface area contributed by atoms with Gasteiger partial charge in [0, 0.05) is 0 Å². The van der Waals surface area contributed by atoms with Gasteiger partial charge in [0.15, 0.2) is 0 Å². The first-order chi connectivity index (χ1) is 11.0. The van der Waals surface area contributed by atoms with E-state index in [9.17, 15) is 9.90 Å². The Morgan fingerprint density at radius 2 is 1.43 bits per heavy atom. The number of carboxylic acid groups (broad SMARTS) is 1. The van der Waals surface area contributed by atoms with Crippen LogP contribution >= 0.6 is 0 Å². The number of aliphatic hydroxyl groups is 1. The Hall–Kier alpha value is -2.86. The number of carbonyl (C=O) groups excluding carboxylic acids is 1. The summed E-state index contributed by atoms with van der Waals surface area (Å²) in [6, 6.07) is 17.2. The number of hydrogen-bond acceptors (Lipinski definition) is 3. The molecule has 6 nitrogen and oxygen atoms in total. The molecule has 0 aliphatic carbocycles. The third kappa shape index (κ3) is 4.55. The number of amides is 2. The molecule has 0 saturated carbocycles. The summed E-state index contributed by atoms with van der Waals surface area (Å²) in [7, 11) is 0. The minimum Gasteiger partial charge on any atom is -0.483 e. The van der Waals surface area contributed by atoms with Crippen molar-refractivity contribution in [1.29, 1.82) is 0 Å². The summed E-state index contributed by atoms with van der Waals surface area (Å²) >= 11 is 0. The average Bonchev–Trinajstić information content (AvgIpc) is 2.56. The predicted molar refractivity (Wildman–Crippen MR) is 86.8 cm³/mol. The van der Waals surface area contributed by atoms with Gasteiger partial charge in [0.2, 0.25) is 0 Å². The number of benzene rings is 2. The molecule has 2 rings (SSSR count). The molecule has 23 heavy (non-hydrogen) atoms. The van der Waals surface area contributed by atoms with Crippen molar-refractivity contribution in [2.45, 2.75) is 18.6 Å². The fraction of sp³-hybridized carbons (Fsp3) is 0.176. The second-order valence-electron chi connectivity index (χ2n) is 4.83. The standard InChI is InChI=1S/C16H18N2O2.CH2O2/c1-12(18-15(17)19)16(20,13-8-4-2-5-9-13)14-10-6-3-7-11-14;2-1-3/h2-12,20H,1H3,(H3,17,18,19);1H,(H,2,3)/t12-;/m0./s1. The van der Waals surface area contributed by atoms with Crippen molar-refractivity contribution in [3.63, 3.8) is 0 Å². The van der Waals surface area contributed by atoms with Gasteiger partial charge >= 0.3 is 6.03 Å². The molecule has 0 aliphatic rings. The van der Waals surface area contributed by atoms with Crippen LogP contribution in [0.15, 0.2) is 60.7 Å².